The molecule has 1 saturated heterocycles. The van der Waals surface area contributed by atoms with Crippen LogP contribution in [0.2, 0.25) is 0 Å². The van der Waals surface area contributed by atoms with Gasteiger partial charge in [-0.1, -0.05) is 46.5 Å². The number of hydrogen-bond acceptors (Lipinski definition) is 2. The Morgan fingerprint density at radius 1 is 1.24 bits per heavy atom. The molecule has 0 bridgehead atoms. The average Bonchev–Trinajstić information content (AvgIpc) is 3.22. The number of carbonyl (C=O) groups is 2. The van der Waals surface area contributed by atoms with Crippen molar-refractivity contribution in [2.45, 2.75) is 83.3 Å². The van der Waals surface area contributed by atoms with Gasteiger partial charge in [-0.3, -0.25) is 9.59 Å². The first-order chi connectivity index (χ1) is 10.00. The second-order valence-electron chi connectivity index (χ2n) is 7.50. The highest BCUT2D eigenvalue weighted by Gasteiger charge is 2.57. The highest BCUT2D eigenvalue weighted by Crippen LogP contribution is 2.44. The van der Waals surface area contributed by atoms with Crippen molar-refractivity contribution in [2.75, 3.05) is 0 Å². The molecule has 0 radical (unpaired) electrons. The van der Waals surface area contributed by atoms with Gasteiger partial charge < -0.3 is 10.2 Å². The van der Waals surface area contributed by atoms with Crippen LogP contribution in [0.3, 0.4) is 0 Å². The van der Waals surface area contributed by atoms with Crippen LogP contribution in [0.1, 0.15) is 65.7 Å². The molecule has 3 fully saturated rings. The van der Waals surface area contributed by atoms with Crippen LogP contribution in [-0.4, -0.2) is 34.3 Å². The van der Waals surface area contributed by atoms with Gasteiger partial charge in [-0.25, -0.2) is 0 Å². The van der Waals surface area contributed by atoms with E-state index < -0.39 is 5.54 Å². The molecule has 1 aliphatic heterocycles. The summed E-state index contributed by atoms with van der Waals surface area (Å²) in [6, 6.07) is 0.0337. The Labute approximate surface area is 127 Å². The van der Waals surface area contributed by atoms with Crippen LogP contribution in [0.5, 0.6) is 0 Å². The van der Waals surface area contributed by atoms with Crippen molar-refractivity contribution in [1.29, 1.82) is 0 Å². The number of piperazine rings is 1. The fraction of sp³-hybridized carbons (Fsp3) is 0.882. The smallest absolute Gasteiger partial charge is 0.249 e. The molecule has 0 aromatic carbocycles. The minimum Gasteiger partial charge on any atom is -0.340 e. The summed E-state index contributed by atoms with van der Waals surface area (Å²) in [4.78, 5) is 27.9. The third-order valence-electron chi connectivity index (χ3n) is 5.68. The number of carbonyl (C=O) groups excluding carboxylic acids is 2. The minimum atomic E-state index is -0.582. The summed E-state index contributed by atoms with van der Waals surface area (Å²) < 4.78 is 0. The second kappa shape index (κ2) is 5.29. The largest absolute Gasteiger partial charge is 0.340 e. The molecule has 3 unspecified atom stereocenters. The van der Waals surface area contributed by atoms with Gasteiger partial charge in [-0.15, -0.1) is 0 Å². The van der Waals surface area contributed by atoms with Crippen molar-refractivity contribution < 1.29 is 9.59 Å². The van der Waals surface area contributed by atoms with E-state index >= 15 is 0 Å². The first kappa shape index (κ1) is 14.9. The SMILES string of the molecule is CCC1CC1N1C(=O)C2(CCCCC2)NC(=O)C1C(C)C. The molecule has 2 aliphatic carbocycles. The fourth-order valence-corrected chi connectivity index (χ4v) is 4.35. The predicted molar refractivity (Wildman–Crippen MR) is 81.6 cm³/mol. The first-order valence-corrected chi connectivity index (χ1v) is 8.65. The molecule has 4 heteroatoms. The molecule has 3 atom stereocenters. The van der Waals surface area contributed by atoms with Crippen LogP contribution in [0.25, 0.3) is 0 Å². The second-order valence-corrected chi connectivity index (χ2v) is 7.50. The Morgan fingerprint density at radius 2 is 1.90 bits per heavy atom. The minimum absolute atomic E-state index is 0.0771. The standard InChI is InChI=1S/C17H28N2O2/c1-4-12-10-13(12)19-14(11(2)3)15(20)18-17(16(19)21)8-6-5-7-9-17/h11-14H,4-10H2,1-3H3,(H,18,20). The van der Waals surface area contributed by atoms with Gasteiger partial charge in [-0.05, 0) is 31.1 Å². The molecule has 0 aromatic rings. The molecular formula is C17H28N2O2. The van der Waals surface area contributed by atoms with Crippen molar-refractivity contribution >= 4 is 11.8 Å². The van der Waals surface area contributed by atoms with Crippen molar-refractivity contribution in [2.24, 2.45) is 11.8 Å². The van der Waals surface area contributed by atoms with Crippen LogP contribution in [0.4, 0.5) is 0 Å². The van der Waals surface area contributed by atoms with Gasteiger partial charge in [0.25, 0.3) is 0 Å². The van der Waals surface area contributed by atoms with E-state index in [4.69, 9.17) is 0 Å². The third kappa shape index (κ3) is 2.36. The highest BCUT2D eigenvalue weighted by atomic mass is 16.2. The molecule has 21 heavy (non-hydrogen) atoms. The van der Waals surface area contributed by atoms with Crippen molar-refractivity contribution in [3.05, 3.63) is 0 Å². The summed E-state index contributed by atoms with van der Waals surface area (Å²) in [6.07, 6.45) is 7.11. The van der Waals surface area contributed by atoms with Crippen molar-refractivity contribution in [3.63, 3.8) is 0 Å². The normalized spacial score (nSPS) is 35.2. The quantitative estimate of drug-likeness (QED) is 0.868. The summed E-state index contributed by atoms with van der Waals surface area (Å²) in [5, 5.41) is 3.13. The molecule has 1 heterocycles. The maximum absolute atomic E-state index is 13.2. The maximum Gasteiger partial charge on any atom is 0.249 e. The Hall–Kier alpha value is -1.06. The van der Waals surface area contributed by atoms with E-state index in [1.165, 1.54) is 6.42 Å². The van der Waals surface area contributed by atoms with Crippen LogP contribution in [0, 0.1) is 11.8 Å². The van der Waals surface area contributed by atoms with E-state index in [9.17, 15) is 9.59 Å². The lowest BCUT2D eigenvalue weighted by Crippen LogP contribution is -2.72. The van der Waals surface area contributed by atoms with Gasteiger partial charge in [0, 0.05) is 6.04 Å². The summed E-state index contributed by atoms with van der Waals surface area (Å²) in [5.41, 5.74) is -0.582. The number of rotatable bonds is 3. The zero-order chi connectivity index (χ0) is 15.2. The lowest BCUT2D eigenvalue weighted by molar-refractivity contribution is -0.159. The van der Waals surface area contributed by atoms with Gasteiger partial charge in [0.15, 0.2) is 0 Å². The number of amides is 2. The van der Waals surface area contributed by atoms with Crippen LogP contribution >= 0.6 is 0 Å². The van der Waals surface area contributed by atoms with E-state index in [2.05, 4.69) is 12.2 Å². The summed E-state index contributed by atoms with van der Waals surface area (Å²) in [5.74, 6) is 1.06. The maximum atomic E-state index is 13.2. The molecular weight excluding hydrogens is 264 g/mol. The Morgan fingerprint density at radius 3 is 2.43 bits per heavy atom. The highest BCUT2D eigenvalue weighted by molar-refractivity contribution is 6.00. The van der Waals surface area contributed by atoms with Gasteiger partial charge >= 0.3 is 0 Å². The molecule has 2 saturated carbocycles. The zero-order valence-electron chi connectivity index (χ0n) is 13.5. The molecule has 3 aliphatic rings. The fourth-order valence-electron chi connectivity index (χ4n) is 4.35. The zero-order valence-corrected chi connectivity index (χ0v) is 13.5. The van der Waals surface area contributed by atoms with Crippen LogP contribution < -0.4 is 5.32 Å². The molecule has 118 valence electrons. The Bertz CT molecular complexity index is 440. The Kier molecular flexibility index (Phi) is 3.74. The monoisotopic (exact) mass is 292 g/mol. The summed E-state index contributed by atoms with van der Waals surface area (Å²) in [6.45, 7) is 6.28. The third-order valence-corrected chi connectivity index (χ3v) is 5.68. The van der Waals surface area contributed by atoms with E-state index in [-0.39, 0.29) is 23.8 Å². The molecule has 4 nitrogen and oxygen atoms in total. The number of nitrogens with zero attached hydrogens (tertiary/aromatic N) is 1. The lowest BCUT2D eigenvalue weighted by atomic mass is 9.77. The van der Waals surface area contributed by atoms with Crippen LogP contribution in [-0.2, 0) is 9.59 Å². The van der Waals surface area contributed by atoms with E-state index in [1.807, 2.05) is 18.7 Å². The Balaban J connectivity index is 1.90. The summed E-state index contributed by atoms with van der Waals surface area (Å²) >= 11 is 0. The molecule has 3 rings (SSSR count). The summed E-state index contributed by atoms with van der Waals surface area (Å²) in [7, 11) is 0. The van der Waals surface area contributed by atoms with Crippen molar-refractivity contribution in [3.8, 4) is 0 Å². The van der Waals surface area contributed by atoms with Gasteiger partial charge in [0.2, 0.25) is 11.8 Å². The van der Waals surface area contributed by atoms with Crippen molar-refractivity contribution in [1.82, 2.24) is 10.2 Å². The topological polar surface area (TPSA) is 49.4 Å². The van der Waals surface area contributed by atoms with E-state index in [0.29, 0.717) is 12.0 Å². The number of nitrogens with one attached hydrogen (secondary N) is 1. The molecule has 1 N–H and O–H groups in total. The van der Waals surface area contributed by atoms with Gasteiger partial charge in [0.05, 0.1) is 0 Å². The van der Waals surface area contributed by atoms with Gasteiger partial charge in [-0.2, -0.15) is 0 Å². The van der Waals surface area contributed by atoms with E-state index in [0.717, 1.165) is 38.5 Å². The first-order valence-electron chi connectivity index (χ1n) is 8.65. The van der Waals surface area contributed by atoms with Gasteiger partial charge in [0.1, 0.15) is 11.6 Å². The average molecular weight is 292 g/mol. The lowest BCUT2D eigenvalue weighted by Gasteiger charge is -2.49. The molecule has 2 amide bonds. The molecule has 0 aromatic heterocycles. The van der Waals surface area contributed by atoms with Crippen LogP contribution in [0.15, 0.2) is 0 Å². The number of hydrogen-bond donors (Lipinski definition) is 1. The molecule has 1 spiro atoms. The predicted octanol–water partition coefficient (Wildman–Crippen LogP) is 2.47. The van der Waals surface area contributed by atoms with E-state index in [1.54, 1.807) is 0 Å².